The summed E-state index contributed by atoms with van der Waals surface area (Å²) in [6.45, 7) is 8.32. The van der Waals surface area contributed by atoms with E-state index in [9.17, 15) is 13.2 Å². The first-order chi connectivity index (χ1) is 8.14. The molecule has 0 aliphatic carbocycles. The van der Waals surface area contributed by atoms with Gasteiger partial charge in [-0.25, -0.2) is 0 Å². The van der Waals surface area contributed by atoms with Crippen LogP contribution in [0.25, 0.3) is 0 Å². The molecular formula is C13H26F3NO. The second-order valence-electron chi connectivity index (χ2n) is 5.81. The number of ether oxygens (including phenoxy) is 1. The zero-order valence-electron chi connectivity index (χ0n) is 11.9. The van der Waals surface area contributed by atoms with Crippen LogP contribution in [0.4, 0.5) is 13.2 Å². The summed E-state index contributed by atoms with van der Waals surface area (Å²) in [7, 11) is 0. The molecule has 0 heterocycles. The molecule has 2 nitrogen and oxygen atoms in total. The normalized spacial score (nSPS) is 14.8. The van der Waals surface area contributed by atoms with Gasteiger partial charge in [0, 0.05) is 12.6 Å². The van der Waals surface area contributed by atoms with Gasteiger partial charge in [-0.2, -0.15) is 13.2 Å². The maximum Gasteiger partial charge on any atom is 0.411 e. The maximum absolute atomic E-state index is 11.9. The van der Waals surface area contributed by atoms with Gasteiger partial charge in [0.1, 0.15) is 6.61 Å². The summed E-state index contributed by atoms with van der Waals surface area (Å²) in [4.78, 5) is 0. The fourth-order valence-corrected chi connectivity index (χ4v) is 1.66. The fraction of sp³-hybridized carbons (Fsp3) is 1.00. The molecule has 0 fully saturated rings. The van der Waals surface area contributed by atoms with E-state index in [1.807, 2.05) is 6.92 Å². The van der Waals surface area contributed by atoms with Crippen molar-refractivity contribution in [3.8, 4) is 0 Å². The Bertz CT molecular complexity index is 211. The standard InChI is InChI=1S/C13H26F3NO/c1-5-17-11(6-8-12(2,3)4)7-9-18-10-13(14,15)16/h11,17H,5-10H2,1-4H3. The first-order valence-electron chi connectivity index (χ1n) is 6.52. The highest BCUT2D eigenvalue weighted by Gasteiger charge is 2.27. The van der Waals surface area contributed by atoms with E-state index >= 15 is 0 Å². The van der Waals surface area contributed by atoms with Crippen molar-refractivity contribution in [2.75, 3.05) is 19.8 Å². The van der Waals surface area contributed by atoms with Gasteiger partial charge < -0.3 is 10.1 Å². The van der Waals surface area contributed by atoms with Crippen molar-refractivity contribution in [3.63, 3.8) is 0 Å². The zero-order valence-corrected chi connectivity index (χ0v) is 11.9. The van der Waals surface area contributed by atoms with Gasteiger partial charge in [-0.1, -0.05) is 27.7 Å². The molecule has 0 bridgehead atoms. The SMILES string of the molecule is CCNC(CCOCC(F)(F)F)CCC(C)(C)C. The third kappa shape index (κ3) is 12.2. The number of hydrogen-bond acceptors (Lipinski definition) is 2. The van der Waals surface area contributed by atoms with Crippen LogP contribution in [0, 0.1) is 5.41 Å². The summed E-state index contributed by atoms with van der Waals surface area (Å²) >= 11 is 0. The van der Waals surface area contributed by atoms with Crippen LogP contribution in [-0.2, 0) is 4.74 Å². The van der Waals surface area contributed by atoms with Crippen molar-refractivity contribution >= 4 is 0 Å². The van der Waals surface area contributed by atoms with E-state index in [4.69, 9.17) is 0 Å². The Hall–Kier alpha value is -0.290. The second kappa shape index (κ2) is 8.00. The topological polar surface area (TPSA) is 21.3 Å². The lowest BCUT2D eigenvalue weighted by molar-refractivity contribution is -0.174. The molecule has 18 heavy (non-hydrogen) atoms. The van der Waals surface area contributed by atoms with Crippen molar-refractivity contribution in [2.24, 2.45) is 5.41 Å². The monoisotopic (exact) mass is 269 g/mol. The number of halogens is 3. The van der Waals surface area contributed by atoms with E-state index in [0.717, 1.165) is 19.4 Å². The molecule has 0 aromatic carbocycles. The quantitative estimate of drug-likeness (QED) is 0.677. The zero-order chi connectivity index (χ0) is 14.2. The molecule has 0 radical (unpaired) electrons. The molecule has 0 saturated carbocycles. The predicted octanol–water partition coefficient (Wildman–Crippen LogP) is 3.76. The van der Waals surface area contributed by atoms with E-state index in [0.29, 0.717) is 6.42 Å². The van der Waals surface area contributed by atoms with Crippen LogP contribution in [-0.4, -0.2) is 32.0 Å². The molecule has 0 spiro atoms. The first-order valence-corrected chi connectivity index (χ1v) is 6.52. The number of hydrogen-bond donors (Lipinski definition) is 1. The number of nitrogens with one attached hydrogen (secondary N) is 1. The average molecular weight is 269 g/mol. The first kappa shape index (κ1) is 17.7. The summed E-state index contributed by atoms with van der Waals surface area (Å²) < 4.78 is 40.3. The molecule has 5 heteroatoms. The highest BCUT2D eigenvalue weighted by atomic mass is 19.4. The molecule has 0 aromatic rings. The van der Waals surface area contributed by atoms with Crippen LogP contribution in [0.5, 0.6) is 0 Å². The van der Waals surface area contributed by atoms with Gasteiger partial charge in [0.15, 0.2) is 0 Å². The van der Waals surface area contributed by atoms with Crippen LogP contribution >= 0.6 is 0 Å². The molecule has 1 N–H and O–H groups in total. The summed E-state index contributed by atoms with van der Waals surface area (Å²) in [6, 6.07) is 0.238. The van der Waals surface area contributed by atoms with Crippen LogP contribution in [0.2, 0.25) is 0 Å². The second-order valence-corrected chi connectivity index (χ2v) is 5.81. The third-order valence-electron chi connectivity index (χ3n) is 2.61. The van der Waals surface area contributed by atoms with Gasteiger partial charge >= 0.3 is 6.18 Å². The van der Waals surface area contributed by atoms with Crippen molar-refractivity contribution in [1.82, 2.24) is 5.32 Å². The summed E-state index contributed by atoms with van der Waals surface area (Å²) in [5, 5.41) is 3.29. The van der Waals surface area contributed by atoms with E-state index in [2.05, 4.69) is 30.8 Å². The van der Waals surface area contributed by atoms with Crippen LogP contribution in [0.15, 0.2) is 0 Å². The van der Waals surface area contributed by atoms with Crippen molar-refractivity contribution in [3.05, 3.63) is 0 Å². The Morgan fingerprint density at radius 1 is 1.11 bits per heavy atom. The molecule has 110 valence electrons. The van der Waals surface area contributed by atoms with E-state index in [1.165, 1.54) is 0 Å². The van der Waals surface area contributed by atoms with Gasteiger partial charge in [0.05, 0.1) is 0 Å². The molecule has 0 rings (SSSR count). The van der Waals surface area contributed by atoms with Gasteiger partial charge in [-0.3, -0.25) is 0 Å². The van der Waals surface area contributed by atoms with E-state index < -0.39 is 12.8 Å². The molecule has 0 saturated heterocycles. The maximum atomic E-state index is 11.9. The summed E-state index contributed by atoms with van der Waals surface area (Å²) in [6.07, 6.45) is -1.59. The molecule has 0 aromatic heterocycles. The average Bonchev–Trinajstić information content (AvgIpc) is 2.18. The van der Waals surface area contributed by atoms with E-state index in [1.54, 1.807) is 0 Å². The Morgan fingerprint density at radius 2 is 1.72 bits per heavy atom. The molecule has 0 aliphatic heterocycles. The van der Waals surface area contributed by atoms with Crippen LogP contribution in [0.3, 0.4) is 0 Å². The third-order valence-corrected chi connectivity index (χ3v) is 2.61. The lowest BCUT2D eigenvalue weighted by Gasteiger charge is -2.23. The Kier molecular flexibility index (Phi) is 7.87. The van der Waals surface area contributed by atoms with Crippen molar-refractivity contribution in [1.29, 1.82) is 0 Å². The molecule has 1 atom stereocenters. The highest BCUT2D eigenvalue weighted by Crippen LogP contribution is 2.22. The Morgan fingerprint density at radius 3 is 2.17 bits per heavy atom. The predicted molar refractivity (Wildman–Crippen MR) is 67.6 cm³/mol. The molecule has 0 amide bonds. The molecular weight excluding hydrogens is 243 g/mol. The Balaban J connectivity index is 3.83. The Labute approximate surface area is 108 Å². The smallest absolute Gasteiger partial charge is 0.372 e. The van der Waals surface area contributed by atoms with Gasteiger partial charge in [-0.05, 0) is 31.2 Å². The van der Waals surface area contributed by atoms with E-state index in [-0.39, 0.29) is 18.1 Å². The van der Waals surface area contributed by atoms with Crippen molar-refractivity contribution in [2.45, 2.75) is 59.2 Å². The number of rotatable bonds is 8. The minimum Gasteiger partial charge on any atom is -0.372 e. The lowest BCUT2D eigenvalue weighted by Crippen LogP contribution is -2.31. The highest BCUT2D eigenvalue weighted by molar-refractivity contribution is 4.71. The fourth-order valence-electron chi connectivity index (χ4n) is 1.66. The largest absolute Gasteiger partial charge is 0.411 e. The van der Waals surface area contributed by atoms with Crippen LogP contribution in [0.1, 0.15) is 47.0 Å². The minimum absolute atomic E-state index is 0.154. The summed E-state index contributed by atoms with van der Waals surface area (Å²) in [5.74, 6) is 0. The number of alkyl halides is 3. The lowest BCUT2D eigenvalue weighted by atomic mass is 9.88. The minimum atomic E-state index is -4.22. The van der Waals surface area contributed by atoms with Gasteiger partial charge in [0.2, 0.25) is 0 Å². The van der Waals surface area contributed by atoms with Gasteiger partial charge in [-0.15, -0.1) is 0 Å². The summed E-state index contributed by atoms with van der Waals surface area (Å²) in [5.41, 5.74) is 0.250. The van der Waals surface area contributed by atoms with Gasteiger partial charge in [0.25, 0.3) is 0 Å². The molecule has 0 aliphatic rings. The molecule has 1 unspecified atom stereocenters. The van der Waals surface area contributed by atoms with Crippen LogP contribution < -0.4 is 5.32 Å². The van der Waals surface area contributed by atoms with Crippen molar-refractivity contribution < 1.29 is 17.9 Å².